The van der Waals surface area contributed by atoms with Gasteiger partial charge in [0.1, 0.15) is 0 Å². The van der Waals surface area contributed by atoms with Gasteiger partial charge in [0.25, 0.3) is 0 Å². The van der Waals surface area contributed by atoms with E-state index in [1.54, 1.807) is 0 Å². The summed E-state index contributed by atoms with van der Waals surface area (Å²) >= 11 is 0. The van der Waals surface area contributed by atoms with E-state index in [2.05, 4.69) is 14.8 Å². The Bertz CT molecular complexity index is 124. The topological polar surface area (TPSA) is 61.8 Å². The molecule has 0 saturated carbocycles. The lowest BCUT2D eigenvalue weighted by Gasteiger charge is -1.90. The van der Waals surface area contributed by atoms with Crippen molar-refractivity contribution in [2.45, 2.75) is 12.8 Å². The van der Waals surface area contributed by atoms with Crippen molar-refractivity contribution in [1.82, 2.24) is 0 Å². The third kappa shape index (κ3) is 1.69. The van der Waals surface area contributed by atoms with Crippen LogP contribution in [0.25, 0.3) is 0 Å². The summed E-state index contributed by atoms with van der Waals surface area (Å²) < 4.78 is 0. The van der Waals surface area contributed by atoms with Crippen molar-refractivity contribution in [1.29, 1.82) is 0 Å². The van der Waals surface area contributed by atoms with Gasteiger partial charge in [-0.25, -0.2) is 9.59 Å². The van der Waals surface area contributed by atoms with Gasteiger partial charge in [0.2, 0.25) is 0 Å². The van der Waals surface area contributed by atoms with Gasteiger partial charge in [-0.2, -0.15) is 0 Å². The molecule has 0 spiro atoms. The lowest BCUT2D eigenvalue weighted by molar-refractivity contribution is -0.455. The molecule has 0 aliphatic carbocycles. The van der Waals surface area contributed by atoms with Gasteiger partial charge in [-0.3, -0.25) is 9.78 Å². The molecule has 9 heavy (non-hydrogen) atoms. The van der Waals surface area contributed by atoms with E-state index in [4.69, 9.17) is 0 Å². The third-order valence-corrected chi connectivity index (χ3v) is 0.787. The van der Waals surface area contributed by atoms with Crippen LogP contribution in [0.5, 0.6) is 0 Å². The van der Waals surface area contributed by atoms with Crippen molar-refractivity contribution in [2.24, 2.45) is 0 Å². The molecule has 5 heteroatoms. The van der Waals surface area contributed by atoms with Crippen molar-refractivity contribution in [2.75, 3.05) is 0 Å². The van der Waals surface area contributed by atoms with Crippen LogP contribution < -0.4 is 0 Å². The van der Waals surface area contributed by atoms with Gasteiger partial charge < -0.3 is 0 Å². The minimum absolute atomic E-state index is 0.0127. The van der Waals surface area contributed by atoms with Crippen LogP contribution in [0.4, 0.5) is 0 Å². The Morgan fingerprint density at radius 1 is 1.00 bits per heavy atom. The van der Waals surface area contributed by atoms with Gasteiger partial charge in [0.15, 0.2) is 0 Å². The van der Waals surface area contributed by atoms with Crippen LogP contribution in [0.2, 0.25) is 0 Å². The van der Waals surface area contributed by atoms with Crippen LogP contribution >= 0.6 is 0 Å². The van der Waals surface area contributed by atoms with E-state index < -0.39 is 11.9 Å². The average molecular weight is 132 g/mol. The summed E-state index contributed by atoms with van der Waals surface area (Å²) in [6, 6.07) is 0. The van der Waals surface area contributed by atoms with E-state index in [0.29, 0.717) is 0 Å². The van der Waals surface area contributed by atoms with Gasteiger partial charge >= 0.3 is 11.9 Å². The maximum atomic E-state index is 10.2. The Balaban J connectivity index is 2.43. The number of carbonyl (C=O) groups excluding carboxylic acids is 2. The van der Waals surface area contributed by atoms with Gasteiger partial charge in [0, 0.05) is 5.04 Å². The average Bonchev–Trinajstić information content (AvgIpc) is 1.97. The summed E-state index contributed by atoms with van der Waals surface area (Å²) in [6.45, 7) is 0. The molecule has 50 valence electrons. The van der Waals surface area contributed by atoms with Crippen LogP contribution in [0.3, 0.4) is 0 Å². The zero-order valence-corrected chi connectivity index (χ0v) is 4.46. The maximum Gasteiger partial charge on any atom is 0.347 e. The van der Waals surface area contributed by atoms with Crippen molar-refractivity contribution in [3.63, 3.8) is 0 Å². The van der Waals surface area contributed by atoms with Gasteiger partial charge in [-0.05, 0) is 0 Å². The summed E-state index contributed by atoms with van der Waals surface area (Å²) in [4.78, 5) is 28.3. The molecule has 1 rings (SSSR count). The second-order valence-corrected chi connectivity index (χ2v) is 1.48. The molecule has 1 aliphatic rings. The highest BCUT2D eigenvalue weighted by Crippen LogP contribution is 2.01. The Morgan fingerprint density at radius 3 is 1.89 bits per heavy atom. The van der Waals surface area contributed by atoms with Crippen molar-refractivity contribution in [3.05, 3.63) is 0 Å². The van der Waals surface area contributed by atoms with Crippen molar-refractivity contribution < 1.29 is 24.4 Å². The molecular weight excluding hydrogens is 128 g/mol. The summed E-state index contributed by atoms with van der Waals surface area (Å²) in [5.74, 6) is -1.19. The first kappa shape index (κ1) is 6.03. The summed E-state index contributed by atoms with van der Waals surface area (Å²) in [5, 5.41) is 3.72. The minimum Gasteiger partial charge on any atom is -0.260 e. The number of rotatable bonds is 0. The standard InChI is InChI=1S/C4H4O5/c5-3-1-2-4(6)8-9-7-3/h1-2H2. The predicted molar refractivity (Wildman–Crippen MR) is 22.5 cm³/mol. The lowest BCUT2D eigenvalue weighted by atomic mass is 10.3. The first-order chi connectivity index (χ1) is 4.29. The fraction of sp³-hybridized carbons (Fsp3) is 0.500. The monoisotopic (exact) mass is 132 g/mol. The fourth-order valence-corrected chi connectivity index (χ4v) is 0.380. The second-order valence-electron chi connectivity index (χ2n) is 1.48. The molecule has 0 amide bonds. The molecule has 0 aromatic heterocycles. The molecule has 5 nitrogen and oxygen atoms in total. The van der Waals surface area contributed by atoms with Crippen LogP contribution in [-0.4, -0.2) is 11.9 Å². The number of carbonyl (C=O) groups is 2. The Morgan fingerprint density at radius 2 is 1.44 bits per heavy atom. The molecule has 0 aromatic carbocycles. The van der Waals surface area contributed by atoms with Crippen LogP contribution in [0.1, 0.15) is 12.8 Å². The van der Waals surface area contributed by atoms with Gasteiger partial charge in [-0.1, -0.05) is 0 Å². The molecule has 0 N–H and O–H groups in total. The van der Waals surface area contributed by atoms with E-state index >= 15 is 0 Å². The molecule has 0 atom stereocenters. The lowest BCUT2D eigenvalue weighted by Crippen LogP contribution is -1.99. The molecule has 1 saturated heterocycles. The van der Waals surface area contributed by atoms with Crippen LogP contribution in [0, 0.1) is 0 Å². The fourth-order valence-electron chi connectivity index (χ4n) is 0.380. The smallest absolute Gasteiger partial charge is 0.260 e. The second kappa shape index (κ2) is 2.45. The zero-order valence-electron chi connectivity index (χ0n) is 4.46. The molecule has 0 unspecified atom stereocenters. The van der Waals surface area contributed by atoms with Gasteiger partial charge in [0.05, 0.1) is 12.8 Å². The SMILES string of the molecule is O=C1CCC(=O)OOO1. The van der Waals surface area contributed by atoms with E-state index in [9.17, 15) is 9.59 Å². The molecule has 1 heterocycles. The highest BCUT2D eigenvalue weighted by molar-refractivity contribution is 5.77. The normalized spacial score (nSPS) is 20.0. The van der Waals surface area contributed by atoms with Crippen molar-refractivity contribution in [3.8, 4) is 0 Å². The third-order valence-electron chi connectivity index (χ3n) is 0.787. The van der Waals surface area contributed by atoms with Crippen LogP contribution in [0.15, 0.2) is 0 Å². The van der Waals surface area contributed by atoms with E-state index in [1.807, 2.05) is 0 Å². The molecule has 1 fully saturated rings. The van der Waals surface area contributed by atoms with Gasteiger partial charge in [-0.15, -0.1) is 0 Å². The molecule has 0 radical (unpaired) electrons. The first-order valence-corrected chi connectivity index (χ1v) is 2.36. The summed E-state index contributed by atoms with van der Waals surface area (Å²) in [5.41, 5.74) is 0. The maximum absolute atomic E-state index is 10.2. The largest absolute Gasteiger partial charge is 0.347 e. The first-order valence-electron chi connectivity index (χ1n) is 2.36. The minimum atomic E-state index is -0.596. The molecule has 0 bridgehead atoms. The zero-order chi connectivity index (χ0) is 6.69. The molecule has 0 aromatic rings. The predicted octanol–water partition coefficient (Wildman–Crippen LogP) is -0.287. The number of hydrogen-bond acceptors (Lipinski definition) is 5. The van der Waals surface area contributed by atoms with E-state index in [1.165, 1.54) is 0 Å². The molecule has 1 aliphatic heterocycles. The van der Waals surface area contributed by atoms with Crippen molar-refractivity contribution >= 4 is 11.9 Å². The Labute approximate surface area is 50.4 Å². The van der Waals surface area contributed by atoms with Crippen LogP contribution in [-0.2, 0) is 24.4 Å². The van der Waals surface area contributed by atoms with E-state index in [0.717, 1.165) is 0 Å². The Hall–Kier alpha value is -1.10. The quantitative estimate of drug-likeness (QED) is 0.424. The Kier molecular flexibility index (Phi) is 1.64. The molecular formula is C4H4O5. The highest BCUT2D eigenvalue weighted by atomic mass is 17.5. The summed E-state index contributed by atoms with van der Waals surface area (Å²) in [7, 11) is 0. The summed E-state index contributed by atoms with van der Waals surface area (Å²) in [6.07, 6.45) is 0.0255. The number of hydrogen-bond donors (Lipinski definition) is 0. The highest BCUT2D eigenvalue weighted by Gasteiger charge is 2.16. The van der Waals surface area contributed by atoms with E-state index in [-0.39, 0.29) is 12.8 Å².